The van der Waals surface area contributed by atoms with E-state index < -0.39 is 6.03 Å². The number of benzene rings is 2. The molecule has 0 saturated carbocycles. The smallest absolute Gasteiger partial charge is 0.324 e. The van der Waals surface area contributed by atoms with Gasteiger partial charge in [0.25, 0.3) is 0 Å². The molecule has 110 valence electrons. The third-order valence-electron chi connectivity index (χ3n) is 2.94. The highest BCUT2D eigenvalue weighted by Gasteiger charge is 2.09. The number of rotatable bonds is 3. The van der Waals surface area contributed by atoms with E-state index in [9.17, 15) is 9.90 Å². The van der Waals surface area contributed by atoms with Crippen molar-refractivity contribution in [3.63, 3.8) is 0 Å². The minimum Gasteiger partial charge on any atom is -0.508 e. The third-order valence-corrected chi connectivity index (χ3v) is 2.94. The van der Waals surface area contributed by atoms with Crippen molar-refractivity contribution in [1.29, 1.82) is 0 Å². The van der Waals surface area contributed by atoms with Gasteiger partial charge in [0.1, 0.15) is 5.75 Å². The van der Waals surface area contributed by atoms with E-state index in [0.29, 0.717) is 17.3 Å². The average molecular weight is 295 g/mol. The summed E-state index contributed by atoms with van der Waals surface area (Å²) in [7, 11) is 0. The molecule has 6 heteroatoms. The number of phenolic OH excluding ortho intramolecular Hbond substituents is 1. The summed E-state index contributed by atoms with van der Waals surface area (Å²) in [6.07, 6.45) is 0. The van der Waals surface area contributed by atoms with E-state index in [2.05, 4.69) is 15.8 Å². The molecular weight excluding hydrogens is 282 g/mol. The molecule has 0 spiro atoms. The summed E-state index contributed by atoms with van der Waals surface area (Å²) in [6, 6.07) is 16.8. The number of phenols is 1. The lowest BCUT2D eigenvalue weighted by Gasteiger charge is -2.04. The Morgan fingerprint density at radius 2 is 1.73 bits per heavy atom. The number of hydrogen-bond donors (Lipinski definition) is 3. The molecule has 0 unspecified atom stereocenters. The first-order chi connectivity index (χ1) is 10.7. The fraction of sp³-hybridized carbons (Fsp3) is 0. The molecule has 6 nitrogen and oxygen atoms in total. The Kier molecular flexibility index (Phi) is 3.74. The van der Waals surface area contributed by atoms with E-state index in [1.54, 1.807) is 18.2 Å². The Labute approximate surface area is 126 Å². The first kappa shape index (κ1) is 13.7. The number of amides is 2. The second-order valence-electron chi connectivity index (χ2n) is 4.57. The van der Waals surface area contributed by atoms with Gasteiger partial charge < -0.3 is 14.9 Å². The Bertz CT molecular complexity index is 767. The molecule has 0 aliphatic rings. The molecule has 2 amide bonds. The van der Waals surface area contributed by atoms with Crippen molar-refractivity contribution in [3.8, 4) is 17.1 Å². The van der Waals surface area contributed by atoms with Crippen LogP contribution in [0.25, 0.3) is 11.3 Å². The van der Waals surface area contributed by atoms with Crippen molar-refractivity contribution in [2.24, 2.45) is 0 Å². The Hall–Kier alpha value is -3.28. The van der Waals surface area contributed by atoms with E-state index in [4.69, 9.17) is 4.52 Å². The number of nitrogens with zero attached hydrogens (tertiary/aromatic N) is 1. The SMILES string of the molecule is O=C(Nc1ccc(O)cc1)Nc1cc(-c2ccccc2)on1. The summed E-state index contributed by atoms with van der Waals surface area (Å²) in [4.78, 5) is 11.8. The topological polar surface area (TPSA) is 87.4 Å². The van der Waals surface area contributed by atoms with Crippen LogP contribution in [0, 0.1) is 0 Å². The normalized spacial score (nSPS) is 10.2. The van der Waals surface area contributed by atoms with Gasteiger partial charge in [-0.2, -0.15) is 0 Å². The van der Waals surface area contributed by atoms with Gasteiger partial charge in [0, 0.05) is 17.3 Å². The lowest BCUT2D eigenvalue weighted by atomic mass is 10.2. The minimum absolute atomic E-state index is 0.134. The van der Waals surface area contributed by atoms with Crippen LogP contribution in [0.3, 0.4) is 0 Å². The van der Waals surface area contributed by atoms with Gasteiger partial charge in [-0.25, -0.2) is 4.79 Å². The molecule has 3 aromatic rings. The van der Waals surface area contributed by atoms with Gasteiger partial charge in [-0.1, -0.05) is 35.5 Å². The molecule has 0 aliphatic heterocycles. The summed E-state index contributed by atoms with van der Waals surface area (Å²) >= 11 is 0. The Morgan fingerprint density at radius 1 is 1.00 bits per heavy atom. The number of anilines is 2. The molecule has 2 aromatic carbocycles. The first-order valence-electron chi connectivity index (χ1n) is 6.60. The van der Waals surface area contributed by atoms with Gasteiger partial charge in [0.05, 0.1) is 0 Å². The van der Waals surface area contributed by atoms with Gasteiger partial charge in [-0.3, -0.25) is 5.32 Å². The minimum atomic E-state index is -0.446. The third kappa shape index (κ3) is 3.24. The van der Waals surface area contributed by atoms with Crippen LogP contribution in [0.1, 0.15) is 0 Å². The number of carbonyl (C=O) groups is 1. The maximum absolute atomic E-state index is 11.8. The number of urea groups is 1. The van der Waals surface area contributed by atoms with E-state index >= 15 is 0 Å². The highest BCUT2D eigenvalue weighted by atomic mass is 16.5. The zero-order valence-electron chi connectivity index (χ0n) is 11.5. The predicted molar refractivity (Wildman–Crippen MR) is 82.7 cm³/mol. The van der Waals surface area contributed by atoms with Crippen LogP contribution in [0.4, 0.5) is 16.3 Å². The number of aromatic hydroxyl groups is 1. The largest absolute Gasteiger partial charge is 0.508 e. The maximum Gasteiger partial charge on any atom is 0.324 e. The fourth-order valence-electron chi connectivity index (χ4n) is 1.90. The molecule has 22 heavy (non-hydrogen) atoms. The van der Waals surface area contributed by atoms with Crippen molar-refractivity contribution < 1.29 is 14.4 Å². The van der Waals surface area contributed by atoms with Gasteiger partial charge in [-0.15, -0.1) is 0 Å². The monoisotopic (exact) mass is 295 g/mol. The molecule has 3 N–H and O–H groups in total. The summed E-state index contributed by atoms with van der Waals surface area (Å²) in [5.74, 6) is 1.02. The summed E-state index contributed by atoms with van der Waals surface area (Å²) in [6.45, 7) is 0. The highest BCUT2D eigenvalue weighted by molar-refractivity contribution is 5.99. The van der Waals surface area contributed by atoms with Crippen LogP contribution in [0.2, 0.25) is 0 Å². The lowest BCUT2D eigenvalue weighted by molar-refractivity contribution is 0.262. The molecule has 1 heterocycles. The van der Waals surface area contributed by atoms with E-state index in [-0.39, 0.29) is 5.75 Å². The summed E-state index contributed by atoms with van der Waals surface area (Å²) < 4.78 is 5.19. The lowest BCUT2D eigenvalue weighted by Crippen LogP contribution is -2.19. The second kappa shape index (κ2) is 6.01. The molecule has 0 saturated heterocycles. The van der Waals surface area contributed by atoms with Crippen molar-refractivity contribution in [1.82, 2.24) is 5.16 Å². The molecule has 0 radical (unpaired) electrons. The number of aromatic nitrogens is 1. The second-order valence-corrected chi connectivity index (χ2v) is 4.57. The van der Waals surface area contributed by atoms with Crippen LogP contribution in [0.15, 0.2) is 65.2 Å². The fourth-order valence-corrected chi connectivity index (χ4v) is 1.90. The van der Waals surface area contributed by atoms with Gasteiger partial charge >= 0.3 is 6.03 Å². The quantitative estimate of drug-likeness (QED) is 0.643. The van der Waals surface area contributed by atoms with Gasteiger partial charge in [0.2, 0.25) is 0 Å². The summed E-state index contributed by atoms with van der Waals surface area (Å²) in [5.41, 5.74) is 1.43. The molecule has 0 aliphatic carbocycles. The van der Waals surface area contributed by atoms with Crippen molar-refractivity contribution in [2.45, 2.75) is 0 Å². The van der Waals surface area contributed by atoms with E-state index in [1.165, 1.54) is 12.1 Å². The van der Waals surface area contributed by atoms with Crippen LogP contribution >= 0.6 is 0 Å². The van der Waals surface area contributed by atoms with Crippen LogP contribution in [-0.2, 0) is 0 Å². The number of hydrogen-bond acceptors (Lipinski definition) is 4. The zero-order chi connectivity index (χ0) is 15.4. The number of nitrogens with one attached hydrogen (secondary N) is 2. The molecule has 0 fully saturated rings. The standard InChI is InChI=1S/C16H13N3O3/c20-13-8-6-12(7-9-13)17-16(21)18-15-10-14(22-19-15)11-4-2-1-3-5-11/h1-10,20H,(H2,17,18,19,21). The highest BCUT2D eigenvalue weighted by Crippen LogP contribution is 2.22. The molecule has 0 bridgehead atoms. The molecule has 1 aromatic heterocycles. The van der Waals surface area contributed by atoms with Crippen LogP contribution < -0.4 is 10.6 Å². The van der Waals surface area contributed by atoms with Gasteiger partial charge in [0.15, 0.2) is 11.6 Å². The molecular formula is C16H13N3O3. The Balaban J connectivity index is 1.65. The van der Waals surface area contributed by atoms with Crippen molar-refractivity contribution in [2.75, 3.05) is 10.6 Å². The van der Waals surface area contributed by atoms with Crippen molar-refractivity contribution >= 4 is 17.5 Å². The van der Waals surface area contributed by atoms with E-state index in [0.717, 1.165) is 5.56 Å². The van der Waals surface area contributed by atoms with Crippen LogP contribution in [0.5, 0.6) is 5.75 Å². The average Bonchev–Trinajstić information content (AvgIpc) is 2.99. The van der Waals surface area contributed by atoms with Gasteiger partial charge in [-0.05, 0) is 24.3 Å². The summed E-state index contributed by atoms with van der Waals surface area (Å²) in [5, 5.41) is 18.2. The molecule has 3 rings (SSSR count). The van der Waals surface area contributed by atoms with Crippen molar-refractivity contribution in [3.05, 3.63) is 60.7 Å². The zero-order valence-corrected chi connectivity index (χ0v) is 11.5. The first-order valence-corrected chi connectivity index (χ1v) is 6.60. The maximum atomic E-state index is 11.8. The molecule has 0 atom stereocenters. The van der Waals surface area contributed by atoms with Crippen LogP contribution in [-0.4, -0.2) is 16.3 Å². The predicted octanol–water partition coefficient (Wildman–Crippen LogP) is 3.69. The number of carbonyl (C=O) groups excluding carboxylic acids is 1. The van der Waals surface area contributed by atoms with E-state index in [1.807, 2.05) is 30.3 Å². The Morgan fingerprint density at radius 3 is 2.45 bits per heavy atom.